The van der Waals surface area contributed by atoms with E-state index >= 15 is 0 Å². The maximum atomic E-state index is 13.3. The van der Waals surface area contributed by atoms with Gasteiger partial charge in [0.05, 0.1) is 16.0 Å². The molecule has 0 spiro atoms. The molecule has 0 bridgehead atoms. The maximum absolute atomic E-state index is 13.3. The average molecular weight is 603 g/mol. The molecule has 1 saturated heterocycles. The Morgan fingerprint density at radius 2 is 1.35 bits per heavy atom. The van der Waals surface area contributed by atoms with E-state index in [4.69, 9.17) is 0 Å². The molecule has 1 aliphatic heterocycles. The number of sulfonamides is 1. The number of aryl methyl sites for hydroxylation is 1. The van der Waals surface area contributed by atoms with Gasteiger partial charge in [-0.25, -0.2) is 8.42 Å². The molecule has 0 amide bonds. The molecule has 0 saturated carbocycles. The third kappa shape index (κ3) is 7.39. The standard InChI is InChI=1S/C28H28F6N2O2S2/c1-20-7-9-25(10-8-20)40(37,38)36-13-11-35(12-14-36)26(22-5-3-2-4-6-22)19-39-18-21-15-23(27(29,30)31)17-24(16-21)28(32,33)34/h2-10,15-17,26H,11-14,18-19H2,1H3. The van der Waals surface area contributed by atoms with Crippen molar-refractivity contribution >= 4 is 21.8 Å². The number of nitrogens with zero attached hydrogens (tertiary/aromatic N) is 2. The van der Waals surface area contributed by atoms with Crippen LogP contribution in [0.15, 0.2) is 77.7 Å². The number of benzene rings is 3. The normalized spacial score (nSPS) is 16.7. The van der Waals surface area contributed by atoms with E-state index in [0.29, 0.717) is 18.8 Å². The van der Waals surface area contributed by atoms with Crippen molar-refractivity contribution < 1.29 is 34.8 Å². The molecule has 3 aromatic rings. The number of rotatable bonds is 8. The first-order valence-electron chi connectivity index (χ1n) is 12.5. The maximum Gasteiger partial charge on any atom is 0.416 e. The van der Waals surface area contributed by atoms with E-state index in [2.05, 4.69) is 4.90 Å². The summed E-state index contributed by atoms with van der Waals surface area (Å²) in [6.07, 6.45) is -9.79. The first kappa shape index (κ1) is 30.4. The predicted molar refractivity (Wildman–Crippen MR) is 143 cm³/mol. The summed E-state index contributed by atoms with van der Waals surface area (Å²) < 4.78 is 107. The van der Waals surface area contributed by atoms with Gasteiger partial charge in [-0.15, -0.1) is 0 Å². The minimum Gasteiger partial charge on any atom is -0.293 e. The van der Waals surface area contributed by atoms with Crippen molar-refractivity contribution in [1.29, 1.82) is 0 Å². The van der Waals surface area contributed by atoms with Crippen LogP contribution >= 0.6 is 11.8 Å². The highest BCUT2D eigenvalue weighted by atomic mass is 32.2. The molecule has 1 heterocycles. The molecule has 0 radical (unpaired) electrons. The SMILES string of the molecule is Cc1ccc(S(=O)(=O)N2CCN(C(CSCc3cc(C(F)(F)F)cc(C(F)(F)F)c3)c3ccccc3)CC2)cc1. The summed E-state index contributed by atoms with van der Waals surface area (Å²) in [5, 5.41) is 0. The summed E-state index contributed by atoms with van der Waals surface area (Å²) in [5.41, 5.74) is -0.837. The molecule has 4 nitrogen and oxygen atoms in total. The van der Waals surface area contributed by atoms with Gasteiger partial charge in [0.25, 0.3) is 0 Å². The van der Waals surface area contributed by atoms with Crippen LogP contribution in [0.2, 0.25) is 0 Å². The molecule has 4 rings (SSSR count). The van der Waals surface area contributed by atoms with Gasteiger partial charge in [0.2, 0.25) is 10.0 Å². The Morgan fingerprint density at radius 3 is 1.88 bits per heavy atom. The van der Waals surface area contributed by atoms with Gasteiger partial charge < -0.3 is 0 Å². The Bertz CT molecular complexity index is 1350. The zero-order valence-corrected chi connectivity index (χ0v) is 23.2. The van der Waals surface area contributed by atoms with Crippen molar-refractivity contribution in [2.24, 2.45) is 0 Å². The van der Waals surface area contributed by atoms with E-state index in [9.17, 15) is 34.8 Å². The molecule has 216 valence electrons. The smallest absolute Gasteiger partial charge is 0.293 e. The Labute approximate surface area is 234 Å². The fraction of sp³-hybridized carbons (Fsp3) is 0.357. The number of halogens is 6. The van der Waals surface area contributed by atoms with Gasteiger partial charge in [-0.3, -0.25) is 4.90 Å². The summed E-state index contributed by atoms with van der Waals surface area (Å²) in [6, 6.07) is 17.5. The topological polar surface area (TPSA) is 40.6 Å². The lowest BCUT2D eigenvalue weighted by Crippen LogP contribution is -2.50. The second kappa shape index (κ2) is 12.1. The lowest BCUT2D eigenvalue weighted by atomic mass is 10.1. The van der Waals surface area contributed by atoms with E-state index < -0.39 is 33.5 Å². The van der Waals surface area contributed by atoms with Crippen LogP contribution in [0.25, 0.3) is 0 Å². The van der Waals surface area contributed by atoms with Crippen molar-refractivity contribution in [3.8, 4) is 0 Å². The molecule has 12 heteroatoms. The fourth-order valence-electron chi connectivity index (χ4n) is 4.59. The molecule has 1 aliphatic rings. The highest BCUT2D eigenvalue weighted by molar-refractivity contribution is 7.98. The summed E-state index contributed by atoms with van der Waals surface area (Å²) in [7, 11) is -3.66. The van der Waals surface area contributed by atoms with Gasteiger partial charge in [0, 0.05) is 43.7 Å². The number of thioether (sulfide) groups is 1. The summed E-state index contributed by atoms with van der Waals surface area (Å²) in [4.78, 5) is 2.33. The van der Waals surface area contributed by atoms with Crippen LogP contribution in [-0.4, -0.2) is 49.6 Å². The molecular weight excluding hydrogens is 574 g/mol. The minimum atomic E-state index is -4.90. The van der Waals surface area contributed by atoms with Crippen molar-refractivity contribution in [3.05, 3.63) is 101 Å². The molecule has 40 heavy (non-hydrogen) atoms. The van der Waals surface area contributed by atoms with Crippen LogP contribution in [0.5, 0.6) is 0 Å². The largest absolute Gasteiger partial charge is 0.416 e. The Morgan fingerprint density at radius 1 is 0.800 bits per heavy atom. The molecule has 0 aromatic heterocycles. The van der Waals surface area contributed by atoms with E-state index in [1.807, 2.05) is 37.3 Å². The Kier molecular flexibility index (Phi) is 9.23. The fourth-order valence-corrected chi connectivity index (χ4v) is 7.16. The zero-order valence-electron chi connectivity index (χ0n) is 21.5. The first-order valence-corrected chi connectivity index (χ1v) is 15.1. The predicted octanol–water partition coefficient (Wildman–Crippen LogP) is 7.01. The molecule has 0 N–H and O–H groups in total. The van der Waals surface area contributed by atoms with Crippen molar-refractivity contribution in [3.63, 3.8) is 0 Å². The lowest BCUT2D eigenvalue weighted by molar-refractivity contribution is -0.143. The first-order chi connectivity index (χ1) is 18.7. The van der Waals surface area contributed by atoms with Gasteiger partial charge in [0.1, 0.15) is 0 Å². The van der Waals surface area contributed by atoms with Crippen LogP contribution in [0, 0.1) is 6.92 Å². The molecule has 1 atom stereocenters. The van der Waals surface area contributed by atoms with E-state index in [1.54, 1.807) is 24.3 Å². The number of alkyl halides is 6. The molecule has 1 unspecified atom stereocenters. The second-order valence-corrected chi connectivity index (χ2v) is 12.6. The number of piperazine rings is 1. The van der Waals surface area contributed by atoms with Crippen LogP contribution < -0.4 is 0 Å². The highest BCUT2D eigenvalue weighted by Crippen LogP contribution is 2.37. The quantitative estimate of drug-likeness (QED) is 0.260. The number of hydrogen-bond donors (Lipinski definition) is 0. The Hall–Kier alpha value is -2.54. The van der Waals surface area contributed by atoms with Crippen molar-refractivity contribution in [2.45, 2.75) is 36.0 Å². The molecule has 3 aromatic carbocycles. The van der Waals surface area contributed by atoms with Crippen LogP contribution in [0.4, 0.5) is 26.3 Å². The van der Waals surface area contributed by atoms with Crippen LogP contribution in [0.3, 0.4) is 0 Å². The van der Waals surface area contributed by atoms with Crippen LogP contribution in [0.1, 0.15) is 33.9 Å². The van der Waals surface area contributed by atoms with Gasteiger partial charge >= 0.3 is 12.4 Å². The monoisotopic (exact) mass is 602 g/mol. The van der Waals surface area contributed by atoms with Gasteiger partial charge in [-0.2, -0.15) is 42.4 Å². The molecule has 0 aliphatic carbocycles. The van der Waals surface area contributed by atoms with Crippen molar-refractivity contribution in [1.82, 2.24) is 9.21 Å². The van der Waals surface area contributed by atoms with Gasteiger partial charge in [0.15, 0.2) is 0 Å². The van der Waals surface area contributed by atoms with E-state index in [1.165, 1.54) is 16.1 Å². The Balaban J connectivity index is 1.47. The number of hydrogen-bond acceptors (Lipinski definition) is 4. The summed E-state index contributed by atoms with van der Waals surface area (Å²) >= 11 is 1.24. The summed E-state index contributed by atoms with van der Waals surface area (Å²) in [5.74, 6) is 0.352. The molecular formula is C28H28F6N2O2S2. The van der Waals surface area contributed by atoms with Gasteiger partial charge in [-0.1, -0.05) is 48.0 Å². The van der Waals surface area contributed by atoms with Crippen molar-refractivity contribution in [2.75, 3.05) is 31.9 Å². The highest BCUT2D eigenvalue weighted by Gasteiger charge is 2.37. The third-order valence-electron chi connectivity index (χ3n) is 6.75. The van der Waals surface area contributed by atoms with E-state index in [0.717, 1.165) is 23.3 Å². The molecule has 1 fully saturated rings. The summed E-state index contributed by atoms with van der Waals surface area (Å²) in [6.45, 7) is 3.23. The third-order valence-corrected chi connectivity index (χ3v) is 9.75. The van der Waals surface area contributed by atoms with Crippen LogP contribution in [-0.2, 0) is 28.1 Å². The minimum absolute atomic E-state index is 0.0435. The average Bonchev–Trinajstić information content (AvgIpc) is 2.91. The zero-order chi connectivity index (χ0) is 29.1. The lowest BCUT2D eigenvalue weighted by Gasteiger charge is -2.39. The van der Waals surface area contributed by atoms with Gasteiger partial charge in [-0.05, 0) is 48.4 Å². The van der Waals surface area contributed by atoms with E-state index in [-0.39, 0.29) is 41.4 Å². The second-order valence-electron chi connectivity index (χ2n) is 9.61.